The Bertz CT molecular complexity index is 536. The van der Waals surface area contributed by atoms with Crippen LogP contribution in [0, 0.1) is 0 Å². The van der Waals surface area contributed by atoms with E-state index in [-0.39, 0.29) is 10.2 Å². The van der Waals surface area contributed by atoms with E-state index in [2.05, 4.69) is 0 Å². The second-order valence-electron chi connectivity index (χ2n) is 3.56. The van der Waals surface area contributed by atoms with Crippen LogP contribution in [0.4, 0.5) is 0 Å². The van der Waals surface area contributed by atoms with Gasteiger partial charge in [0.05, 0.1) is 16.9 Å². The van der Waals surface area contributed by atoms with Crippen molar-refractivity contribution in [2.75, 3.05) is 0 Å². The minimum Gasteiger partial charge on any atom is -0.548 e. The van der Waals surface area contributed by atoms with Crippen molar-refractivity contribution in [3.8, 4) is 0 Å². The summed E-state index contributed by atoms with van der Waals surface area (Å²) in [6.45, 7) is 1.38. The van der Waals surface area contributed by atoms with Gasteiger partial charge in [0.2, 0.25) is 0 Å². The quantitative estimate of drug-likeness (QED) is 0.617. The molecule has 1 atom stereocenters. The average molecular weight is 298 g/mol. The number of carboxylic acids is 1. The summed E-state index contributed by atoms with van der Waals surface area (Å²) in [4.78, 5) is 25.3. The lowest BCUT2D eigenvalue weighted by molar-refractivity contribution is -0.309. The first-order valence-corrected chi connectivity index (χ1v) is 7.12. The number of thiocarbonyl (C=S) groups is 1. The van der Waals surface area contributed by atoms with E-state index in [0.29, 0.717) is 4.91 Å². The Morgan fingerprint density at radius 2 is 2.33 bits per heavy atom. The predicted molar refractivity (Wildman–Crippen MR) is 73.8 cm³/mol. The lowest BCUT2D eigenvalue weighted by Gasteiger charge is -2.23. The number of carbonyl (C=O) groups excluding carboxylic acids is 2. The van der Waals surface area contributed by atoms with Gasteiger partial charge >= 0.3 is 0 Å². The van der Waals surface area contributed by atoms with Crippen molar-refractivity contribution < 1.29 is 14.7 Å². The van der Waals surface area contributed by atoms with Crippen molar-refractivity contribution in [2.45, 2.75) is 13.0 Å². The zero-order valence-corrected chi connectivity index (χ0v) is 11.7. The van der Waals surface area contributed by atoms with Gasteiger partial charge < -0.3 is 9.90 Å². The van der Waals surface area contributed by atoms with Gasteiger partial charge in [0.1, 0.15) is 4.32 Å². The maximum Gasteiger partial charge on any atom is 0.266 e. The average Bonchev–Trinajstić information content (AvgIpc) is 2.88. The van der Waals surface area contributed by atoms with Gasteiger partial charge in [-0.05, 0) is 24.4 Å². The van der Waals surface area contributed by atoms with E-state index < -0.39 is 12.0 Å². The lowest BCUT2D eigenvalue weighted by atomic mass is 10.3. The number of amides is 1. The molecular formula is C11H8NO3S3-. The van der Waals surface area contributed by atoms with Gasteiger partial charge in [-0.15, -0.1) is 11.3 Å². The van der Waals surface area contributed by atoms with Crippen LogP contribution < -0.4 is 5.11 Å². The zero-order valence-electron chi connectivity index (χ0n) is 9.28. The summed E-state index contributed by atoms with van der Waals surface area (Å²) in [7, 11) is 0. The molecule has 0 radical (unpaired) electrons. The number of hydrogen-bond acceptors (Lipinski definition) is 6. The van der Waals surface area contributed by atoms with Crippen LogP contribution in [0.3, 0.4) is 0 Å². The largest absolute Gasteiger partial charge is 0.548 e. The zero-order chi connectivity index (χ0) is 13.3. The molecule has 2 rings (SSSR count). The highest BCUT2D eigenvalue weighted by Gasteiger charge is 2.35. The van der Waals surface area contributed by atoms with Crippen LogP contribution >= 0.6 is 35.3 Å². The molecule has 1 aromatic heterocycles. The number of rotatable bonds is 3. The van der Waals surface area contributed by atoms with E-state index >= 15 is 0 Å². The van der Waals surface area contributed by atoms with Gasteiger partial charge in [-0.25, -0.2) is 0 Å². The third-order valence-electron chi connectivity index (χ3n) is 2.37. The fourth-order valence-electron chi connectivity index (χ4n) is 1.42. The van der Waals surface area contributed by atoms with Gasteiger partial charge in [0.15, 0.2) is 0 Å². The SMILES string of the molecule is CC(C(=O)[O-])N1C(=O)C(=Cc2cccs2)SC1=S. The highest BCUT2D eigenvalue weighted by Crippen LogP contribution is 2.34. The Morgan fingerprint density at radius 1 is 1.61 bits per heavy atom. The van der Waals surface area contributed by atoms with Gasteiger partial charge in [0, 0.05) is 4.88 Å². The lowest BCUT2D eigenvalue weighted by Crippen LogP contribution is -2.48. The van der Waals surface area contributed by atoms with Crippen molar-refractivity contribution in [2.24, 2.45) is 0 Å². The molecule has 0 saturated carbocycles. The van der Waals surface area contributed by atoms with Gasteiger partial charge in [-0.2, -0.15) is 0 Å². The van der Waals surface area contributed by atoms with Crippen LogP contribution in [0.5, 0.6) is 0 Å². The second-order valence-corrected chi connectivity index (χ2v) is 6.22. The Labute approximate surface area is 117 Å². The Kier molecular flexibility index (Phi) is 3.84. The molecule has 1 aliphatic heterocycles. The summed E-state index contributed by atoms with van der Waals surface area (Å²) < 4.78 is 0.250. The van der Waals surface area contributed by atoms with Crippen molar-refractivity contribution in [1.29, 1.82) is 0 Å². The van der Waals surface area contributed by atoms with Crippen molar-refractivity contribution in [3.05, 3.63) is 27.3 Å². The molecule has 0 spiro atoms. The standard InChI is InChI=1S/C11H9NO3S3/c1-6(10(14)15)12-9(13)8(18-11(12)16)5-7-3-2-4-17-7/h2-6H,1H3,(H,14,15)/p-1. The highest BCUT2D eigenvalue weighted by atomic mass is 32.2. The van der Waals surface area contributed by atoms with E-state index in [1.165, 1.54) is 18.3 Å². The smallest absolute Gasteiger partial charge is 0.266 e. The number of hydrogen-bond donors (Lipinski definition) is 0. The van der Waals surface area contributed by atoms with Crippen LogP contribution in [0.15, 0.2) is 22.4 Å². The van der Waals surface area contributed by atoms with Gasteiger partial charge in [-0.1, -0.05) is 30.0 Å². The molecule has 4 nitrogen and oxygen atoms in total. The second kappa shape index (κ2) is 5.21. The van der Waals surface area contributed by atoms with E-state index in [9.17, 15) is 14.7 Å². The topological polar surface area (TPSA) is 60.4 Å². The fraction of sp³-hybridized carbons (Fsp3) is 0.182. The number of aliphatic carboxylic acids is 1. The molecule has 1 amide bonds. The molecule has 94 valence electrons. The molecule has 7 heteroatoms. The monoisotopic (exact) mass is 298 g/mol. The maximum absolute atomic E-state index is 12.1. The van der Waals surface area contributed by atoms with Crippen molar-refractivity contribution >= 4 is 57.6 Å². The molecule has 1 aromatic rings. The Morgan fingerprint density at radius 3 is 2.89 bits per heavy atom. The van der Waals surface area contributed by atoms with Crippen molar-refractivity contribution in [3.63, 3.8) is 0 Å². The Balaban J connectivity index is 2.27. The molecule has 0 bridgehead atoms. The van der Waals surface area contributed by atoms with Crippen LogP contribution in [0.25, 0.3) is 6.08 Å². The summed E-state index contributed by atoms with van der Waals surface area (Å²) >= 11 is 7.63. The summed E-state index contributed by atoms with van der Waals surface area (Å²) in [5, 5.41) is 12.7. The number of thiophene rings is 1. The number of carboxylic acid groups (broad SMARTS) is 1. The summed E-state index contributed by atoms with van der Waals surface area (Å²) in [6.07, 6.45) is 1.71. The van der Waals surface area contributed by atoms with Crippen molar-refractivity contribution in [1.82, 2.24) is 4.90 Å². The van der Waals surface area contributed by atoms with Gasteiger partial charge in [-0.3, -0.25) is 9.69 Å². The summed E-state index contributed by atoms with van der Waals surface area (Å²) in [5.74, 6) is -1.70. The molecule has 1 fully saturated rings. The van der Waals surface area contributed by atoms with E-state index in [4.69, 9.17) is 12.2 Å². The fourth-order valence-corrected chi connectivity index (χ4v) is 3.56. The predicted octanol–water partition coefficient (Wildman–Crippen LogP) is 1.09. The minimum absolute atomic E-state index is 0.250. The summed E-state index contributed by atoms with van der Waals surface area (Å²) in [6, 6.07) is 2.70. The molecular weight excluding hydrogens is 290 g/mol. The van der Waals surface area contributed by atoms with Crippen LogP contribution in [-0.4, -0.2) is 27.1 Å². The molecule has 1 aliphatic rings. The van der Waals surface area contributed by atoms with E-state index in [1.54, 1.807) is 6.08 Å². The molecule has 1 unspecified atom stereocenters. The third kappa shape index (κ3) is 2.47. The van der Waals surface area contributed by atoms with E-state index in [0.717, 1.165) is 21.5 Å². The molecule has 0 N–H and O–H groups in total. The van der Waals surface area contributed by atoms with Crippen LogP contribution in [0.1, 0.15) is 11.8 Å². The highest BCUT2D eigenvalue weighted by molar-refractivity contribution is 8.26. The first-order valence-electron chi connectivity index (χ1n) is 5.02. The van der Waals surface area contributed by atoms with Crippen LogP contribution in [-0.2, 0) is 9.59 Å². The minimum atomic E-state index is -1.32. The molecule has 18 heavy (non-hydrogen) atoms. The molecule has 1 saturated heterocycles. The number of thioether (sulfide) groups is 1. The molecule has 0 aliphatic carbocycles. The number of carbonyl (C=O) groups is 2. The normalized spacial score (nSPS) is 19.6. The maximum atomic E-state index is 12.1. The molecule has 0 aromatic carbocycles. The van der Waals surface area contributed by atoms with E-state index in [1.807, 2.05) is 17.5 Å². The summed E-state index contributed by atoms with van der Waals surface area (Å²) in [5.41, 5.74) is 0. The Hall–Kier alpha value is -1.18. The van der Waals surface area contributed by atoms with Gasteiger partial charge in [0.25, 0.3) is 5.91 Å². The first-order chi connectivity index (χ1) is 8.50. The van der Waals surface area contributed by atoms with Crippen LogP contribution in [0.2, 0.25) is 0 Å². The third-order valence-corrected chi connectivity index (χ3v) is 4.52. The number of nitrogens with zero attached hydrogens (tertiary/aromatic N) is 1. The molecule has 2 heterocycles. The first kappa shape index (κ1) is 13.3.